The topological polar surface area (TPSA) is 36.0 Å². The number of hydrogen-bond acceptors (Lipinski definition) is 4. The van der Waals surface area contributed by atoms with Crippen molar-refractivity contribution in [2.45, 2.75) is 75.9 Å². The van der Waals surface area contributed by atoms with E-state index in [4.69, 9.17) is 4.74 Å². The molecule has 1 aromatic rings. The highest BCUT2D eigenvalue weighted by molar-refractivity contribution is 5.76. The first-order valence-corrected chi connectivity index (χ1v) is 13.2. The second-order valence-electron chi connectivity index (χ2n) is 10.6. The van der Waals surface area contributed by atoms with E-state index in [9.17, 15) is 4.79 Å². The van der Waals surface area contributed by atoms with Crippen LogP contribution in [0.25, 0.3) is 0 Å². The van der Waals surface area contributed by atoms with Crippen LogP contribution in [0.1, 0.15) is 64.2 Å². The van der Waals surface area contributed by atoms with Gasteiger partial charge < -0.3 is 14.5 Å². The van der Waals surface area contributed by atoms with Gasteiger partial charge in [-0.1, -0.05) is 37.5 Å². The first kappa shape index (κ1) is 22.2. The fourth-order valence-corrected chi connectivity index (χ4v) is 6.58. The van der Waals surface area contributed by atoms with Crippen molar-refractivity contribution < 1.29 is 9.53 Å². The lowest BCUT2D eigenvalue weighted by Gasteiger charge is -2.50. The largest absolute Gasteiger partial charge is 0.375 e. The van der Waals surface area contributed by atoms with Crippen LogP contribution >= 0.6 is 0 Å². The number of piperidine rings is 1. The molecule has 0 aromatic heterocycles. The van der Waals surface area contributed by atoms with Crippen LogP contribution in [0.2, 0.25) is 0 Å². The number of hydrogen-bond donors (Lipinski definition) is 0. The second kappa shape index (κ2) is 10.1. The van der Waals surface area contributed by atoms with Crippen LogP contribution in [-0.4, -0.2) is 73.2 Å². The average Bonchev–Trinajstić information content (AvgIpc) is 2.86. The van der Waals surface area contributed by atoms with E-state index in [1.54, 1.807) is 0 Å². The predicted octanol–water partition coefficient (Wildman–Crippen LogP) is 4.32. The fraction of sp³-hybridized carbons (Fsp3) is 0.741. The number of para-hydroxylation sites is 1. The highest BCUT2D eigenvalue weighted by Crippen LogP contribution is 2.38. The van der Waals surface area contributed by atoms with Crippen molar-refractivity contribution >= 4 is 11.6 Å². The number of carbonyl (C=O) groups is 1. The number of rotatable bonds is 4. The van der Waals surface area contributed by atoms with Crippen LogP contribution in [0.5, 0.6) is 0 Å². The number of carbonyl (C=O) groups excluding carboxylic acids is 1. The van der Waals surface area contributed by atoms with Gasteiger partial charge in [0, 0.05) is 64.0 Å². The molecule has 5 heteroatoms. The first-order chi connectivity index (χ1) is 15.7. The van der Waals surface area contributed by atoms with Crippen molar-refractivity contribution in [3.8, 4) is 0 Å². The molecular weight excluding hydrogens is 398 g/mol. The van der Waals surface area contributed by atoms with E-state index in [0.29, 0.717) is 17.9 Å². The fourth-order valence-electron chi connectivity index (χ4n) is 6.58. The van der Waals surface area contributed by atoms with Gasteiger partial charge in [-0.2, -0.15) is 0 Å². The SMILES string of the molecule is O=C(CC1CCCCC1)N1CCC2(CC1)C[C@@H](N1CCN(c3ccccc3)CC1)CCO2. The lowest BCUT2D eigenvalue weighted by Crippen LogP contribution is -2.57. The number of amides is 1. The minimum atomic E-state index is 0.00109. The molecule has 1 atom stereocenters. The van der Waals surface area contributed by atoms with Gasteiger partial charge in [-0.05, 0) is 56.6 Å². The summed E-state index contributed by atoms with van der Waals surface area (Å²) in [5.74, 6) is 1.04. The number of likely N-dealkylation sites (tertiary alicyclic amines) is 1. The van der Waals surface area contributed by atoms with E-state index in [0.717, 1.165) is 78.0 Å². The van der Waals surface area contributed by atoms with E-state index in [-0.39, 0.29) is 5.60 Å². The third kappa shape index (κ3) is 5.14. The Morgan fingerprint density at radius 1 is 0.906 bits per heavy atom. The van der Waals surface area contributed by atoms with Crippen LogP contribution in [-0.2, 0) is 9.53 Å². The highest BCUT2D eigenvalue weighted by atomic mass is 16.5. The van der Waals surface area contributed by atoms with Crippen molar-refractivity contribution in [3.63, 3.8) is 0 Å². The quantitative estimate of drug-likeness (QED) is 0.700. The molecule has 4 aliphatic rings. The molecule has 32 heavy (non-hydrogen) atoms. The maximum atomic E-state index is 12.9. The molecule has 3 saturated heterocycles. The summed E-state index contributed by atoms with van der Waals surface area (Å²) in [6.07, 6.45) is 11.6. The molecular formula is C27H41N3O2. The Hall–Kier alpha value is -1.59. The number of ether oxygens (including phenoxy) is 1. The van der Waals surface area contributed by atoms with Gasteiger partial charge >= 0.3 is 0 Å². The standard InChI is InChI=1S/C27H41N3O2/c31-26(21-23-7-3-1-4-8-23)30-14-12-27(13-15-30)22-25(11-20-32-27)29-18-16-28(17-19-29)24-9-5-2-6-10-24/h2,5-6,9-10,23,25H,1,3-4,7-8,11-22H2/t25-/m0/s1. The van der Waals surface area contributed by atoms with Gasteiger partial charge in [0.25, 0.3) is 0 Å². The Morgan fingerprint density at radius 2 is 1.62 bits per heavy atom. The van der Waals surface area contributed by atoms with Crippen molar-refractivity contribution in [1.29, 1.82) is 0 Å². The Kier molecular flexibility index (Phi) is 7.03. The maximum Gasteiger partial charge on any atom is 0.222 e. The molecule has 0 N–H and O–H groups in total. The summed E-state index contributed by atoms with van der Waals surface area (Å²) >= 11 is 0. The molecule has 1 spiro atoms. The van der Waals surface area contributed by atoms with Gasteiger partial charge in [0.15, 0.2) is 0 Å². The van der Waals surface area contributed by atoms with Crippen LogP contribution in [0.3, 0.4) is 0 Å². The van der Waals surface area contributed by atoms with E-state index in [1.807, 2.05) is 0 Å². The van der Waals surface area contributed by atoms with Crippen LogP contribution in [0, 0.1) is 5.92 Å². The van der Waals surface area contributed by atoms with Gasteiger partial charge in [0.05, 0.1) is 5.60 Å². The molecule has 1 aliphatic carbocycles. The van der Waals surface area contributed by atoms with Crippen molar-refractivity contribution in [3.05, 3.63) is 30.3 Å². The molecule has 1 aromatic carbocycles. The van der Waals surface area contributed by atoms with Crippen molar-refractivity contribution in [2.75, 3.05) is 50.8 Å². The Labute approximate surface area is 194 Å². The summed E-state index contributed by atoms with van der Waals surface area (Å²) in [5.41, 5.74) is 1.35. The molecule has 3 aliphatic heterocycles. The molecule has 176 valence electrons. The number of piperazine rings is 1. The minimum Gasteiger partial charge on any atom is -0.375 e. The Morgan fingerprint density at radius 3 is 2.34 bits per heavy atom. The van der Waals surface area contributed by atoms with Gasteiger partial charge in [0.1, 0.15) is 0 Å². The van der Waals surface area contributed by atoms with Crippen molar-refractivity contribution in [1.82, 2.24) is 9.80 Å². The van der Waals surface area contributed by atoms with E-state index in [2.05, 4.69) is 45.0 Å². The van der Waals surface area contributed by atoms with Gasteiger partial charge in [-0.3, -0.25) is 9.69 Å². The molecule has 5 nitrogen and oxygen atoms in total. The zero-order valence-electron chi connectivity index (χ0n) is 19.7. The smallest absolute Gasteiger partial charge is 0.222 e. The Bertz CT molecular complexity index is 733. The third-order valence-corrected chi connectivity index (χ3v) is 8.63. The lowest BCUT2D eigenvalue weighted by molar-refractivity contribution is -0.150. The van der Waals surface area contributed by atoms with Crippen LogP contribution in [0.15, 0.2) is 30.3 Å². The molecule has 5 rings (SSSR count). The lowest BCUT2D eigenvalue weighted by atomic mass is 9.81. The normalized spacial score (nSPS) is 27.6. The summed E-state index contributed by atoms with van der Waals surface area (Å²) in [5, 5.41) is 0. The molecule has 1 amide bonds. The predicted molar refractivity (Wildman–Crippen MR) is 129 cm³/mol. The van der Waals surface area contributed by atoms with E-state index in [1.165, 1.54) is 37.8 Å². The first-order valence-electron chi connectivity index (χ1n) is 13.2. The number of nitrogens with zero attached hydrogens (tertiary/aromatic N) is 3. The Balaban J connectivity index is 1.10. The summed E-state index contributed by atoms with van der Waals surface area (Å²) < 4.78 is 6.42. The van der Waals surface area contributed by atoms with Crippen molar-refractivity contribution in [2.24, 2.45) is 5.92 Å². The van der Waals surface area contributed by atoms with E-state index < -0.39 is 0 Å². The molecule has 0 bridgehead atoms. The maximum absolute atomic E-state index is 12.9. The molecule has 1 saturated carbocycles. The van der Waals surface area contributed by atoms with Crippen LogP contribution in [0.4, 0.5) is 5.69 Å². The molecule has 3 heterocycles. The third-order valence-electron chi connectivity index (χ3n) is 8.63. The summed E-state index contributed by atoms with van der Waals surface area (Å²) in [7, 11) is 0. The summed E-state index contributed by atoms with van der Waals surface area (Å²) in [6.45, 7) is 7.15. The summed E-state index contributed by atoms with van der Waals surface area (Å²) in [6, 6.07) is 11.4. The highest BCUT2D eigenvalue weighted by Gasteiger charge is 2.43. The minimum absolute atomic E-state index is 0.00109. The molecule has 4 fully saturated rings. The van der Waals surface area contributed by atoms with Gasteiger partial charge in [0.2, 0.25) is 5.91 Å². The van der Waals surface area contributed by atoms with Gasteiger partial charge in [-0.15, -0.1) is 0 Å². The van der Waals surface area contributed by atoms with Crippen LogP contribution < -0.4 is 4.90 Å². The zero-order chi connectivity index (χ0) is 21.8. The molecule has 0 unspecified atom stereocenters. The monoisotopic (exact) mass is 439 g/mol. The zero-order valence-corrected chi connectivity index (χ0v) is 19.7. The van der Waals surface area contributed by atoms with Gasteiger partial charge in [-0.25, -0.2) is 0 Å². The van der Waals surface area contributed by atoms with E-state index >= 15 is 0 Å². The average molecular weight is 440 g/mol. The second-order valence-corrected chi connectivity index (χ2v) is 10.6. The number of benzene rings is 1. The molecule has 0 radical (unpaired) electrons. The summed E-state index contributed by atoms with van der Waals surface area (Å²) in [4.78, 5) is 20.2. The number of anilines is 1.